The van der Waals surface area contributed by atoms with E-state index in [0.29, 0.717) is 5.75 Å². The molecular formula is C19H23BrN4O2. The number of fused-ring (bicyclic) bond motifs is 1. The molecule has 3 heterocycles. The van der Waals surface area contributed by atoms with Crippen molar-refractivity contribution in [3.8, 4) is 5.75 Å². The summed E-state index contributed by atoms with van der Waals surface area (Å²) in [5.74, 6) is 2.73. The Bertz CT molecular complexity index is 792. The van der Waals surface area contributed by atoms with Gasteiger partial charge in [-0.15, -0.1) is 10.2 Å². The van der Waals surface area contributed by atoms with E-state index in [1.807, 2.05) is 29.2 Å². The van der Waals surface area contributed by atoms with Gasteiger partial charge in [-0.3, -0.25) is 4.79 Å². The van der Waals surface area contributed by atoms with Crippen LogP contribution in [-0.2, 0) is 17.8 Å². The second-order valence-electron chi connectivity index (χ2n) is 6.93. The van der Waals surface area contributed by atoms with Crippen molar-refractivity contribution in [3.05, 3.63) is 40.4 Å². The van der Waals surface area contributed by atoms with Crippen LogP contribution in [0.15, 0.2) is 28.7 Å². The Hall–Kier alpha value is -1.89. The molecule has 0 aliphatic carbocycles. The molecule has 138 valence electrons. The molecule has 6 nitrogen and oxygen atoms in total. The Kier molecular flexibility index (Phi) is 5.24. The standard InChI is InChI=1S/C19H23BrN4O2/c20-14-6-4-7-15(12-14)26-13-18(25)23-11-5-8-16(23)19-22-21-17-9-2-1-3-10-24(17)19/h4,6-7,12,16H,1-3,5,8-11,13H2/t16-/m1/s1. The molecule has 1 amide bonds. The number of rotatable bonds is 4. The molecule has 0 saturated carbocycles. The predicted octanol–water partition coefficient (Wildman–Crippen LogP) is 3.51. The number of nitrogens with zero attached hydrogens (tertiary/aromatic N) is 4. The Morgan fingerprint density at radius 2 is 2.12 bits per heavy atom. The van der Waals surface area contributed by atoms with Crippen LogP contribution in [0, 0.1) is 0 Å². The summed E-state index contributed by atoms with van der Waals surface area (Å²) >= 11 is 3.42. The van der Waals surface area contributed by atoms with Gasteiger partial charge < -0.3 is 14.2 Å². The van der Waals surface area contributed by atoms with Crippen LogP contribution in [0.5, 0.6) is 5.75 Å². The largest absolute Gasteiger partial charge is 0.484 e. The number of aromatic nitrogens is 3. The number of amides is 1. The average molecular weight is 419 g/mol. The molecular weight excluding hydrogens is 396 g/mol. The van der Waals surface area contributed by atoms with Gasteiger partial charge in [0.25, 0.3) is 5.91 Å². The number of carbonyl (C=O) groups excluding carboxylic acids is 1. The van der Waals surface area contributed by atoms with Crippen LogP contribution in [0.25, 0.3) is 0 Å². The van der Waals surface area contributed by atoms with E-state index in [-0.39, 0.29) is 18.6 Å². The quantitative estimate of drug-likeness (QED) is 0.761. The molecule has 0 N–H and O–H groups in total. The van der Waals surface area contributed by atoms with Crippen LogP contribution < -0.4 is 4.74 Å². The second-order valence-corrected chi connectivity index (χ2v) is 7.84. The zero-order valence-corrected chi connectivity index (χ0v) is 16.3. The maximum atomic E-state index is 12.8. The summed E-state index contributed by atoms with van der Waals surface area (Å²) in [6, 6.07) is 7.58. The molecule has 7 heteroatoms. The number of halogens is 1. The van der Waals surface area contributed by atoms with Crippen molar-refractivity contribution in [3.63, 3.8) is 0 Å². The Labute approximate surface area is 161 Å². The average Bonchev–Trinajstić information content (AvgIpc) is 3.21. The molecule has 2 aliphatic heterocycles. The highest BCUT2D eigenvalue weighted by Crippen LogP contribution is 2.32. The summed E-state index contributed by atoms with van der Waals surface area (Å²) in [6.45, 7) is 1.77. The second kappa shape index (κ2) is 7.78. The molecule has 2 aliphatic rings. The van der Waals surface area contributed by atoms with Gasteiger partial charge in [0.1, 0.15) is 11.6 Å². The van der Waals surface area contributed by atoms with Crippen molar-refractivity contribution in [2.75, 3.05) is 13.2 Å². The molecule has 1 aromatic carbocycles. The number of hydrogen-bond acceptors (Lipinski definition) is 4. The minimum Gasteiger partial charge on any atom is -0.484 e. The van der Waals surface area contributed by atoms with E-state index in [1.54, 1.807) is 0 Å². The molecule has 0 spiro atoms. The molecule has 26 heavy (non-hydrogen) atoms. The third-order valence-electron chi connectivity index (χ3n) is 5.17. The fourth-order valence-electron chi connectivity index (χ4n) is 3.87. The zero-order chi connectivity index (χ0) is 17.9. The van der Waals surface area contributed by atoms with Crippen molar-refractivity contribution in [2.24, 2.45) is 0 Å². The SMILES string of the molecule is O=C(COc1cccc(Br)c1)N1CCC[C@@H]1c1nnc2n1CCCCC2. The van der Waals surface area contributed by atoms with Crippen LogP contribution in [0.3, 0.4) is 0 Å². The summed E-state index contributed by atoms with van der Waals surface area (Å²) in [5.41, 5.74) is 0. The first-order chi connectivity index (χ1) is 12.7. The summed E-state index contributed by atoms with van der Waals surface area (Å²) in [4.78, 5) is 14.7. The van der Waals surface area contributed by atoms with Crippen molar-refractivity contribution in [1.29, 1.82) is 0 Å². The molecule has 0 unspecified atom stereocenters. The molecule has 1 fully saturated rings. The smallest absolute Gasteiger partial charge is 0.261 e. The first-order valence-corrected chi connectivity index (χ1v) is 10.1. The highest BCUT2D eigenvalue weighted by molar-refractivity contribution is 9.10. The summed E-state index contributed by atoms with van der Waals surface area (Å²) in [6.07, 6.45) is 6.49. The zero-order valence-electron chi connectivity index (χ0n) is 14.7. The highest BCUT2D eigenvalue weighted by atomic mass is 79.9. The third-order valence-corrected chi connectivity index (χ3v) is 5.66. The lowest BCUT2D eigenvalue weighted by molar-refractivity contribution is -0.134. The normalized spacial score (nSPS) is 19.9. The minimum absolute atomic E-state index is 0.0125. The van der Waals surface area contributed by atoms with E-state index in [1.165, 1.54) is 12.8 Å². The number of ether oxygens (including phenoxy) is 1. The lowest BCUT2D eigenvalue weighted by Crippen LogP contribution is -2.35. The van der Waals surface area contributed by atoms with Gasteiger partial charge in [-0.05, 0) is 43.9 Å². The number of aryl methyl sites for hydroxylation is 1. The lowest BCUT2D eigenvalue weighted by atomic mass is 10.2. The lowest BCUT2D eigenvalue weighted by Gasteiger charge is -2.24. The van der Waals surface area contributed by atoms with Crippen LogP contribution in [0.2, 0.25) is 0 Å². The fourth-order valence-corrected chi connectivity index (χ4v) is 4.25. The van der Waals surface area contributed by atoms with Gasteiger partial charge in [0.05, 0.1) is 6.04 Å². The number of benzene rings is 1. The first kappa shape index (κ1) is 17.5. The van der Waals surface area contributed by atoms with E-state index in [2.05, 4.69) is 30.7 Å². The van der Waals surface area contributed by atoms with Gasteiger partial charge in [0, 0.05) is 24.0 Å². The molecule has 0 bridgehead atoms. The van der Waals surface area contributed by atoms with Crippen LogP contribution >= 0.6 is 15.9 Å². The van der Waals surface area contributed by atoms with Gasteiger partial charge >= 0.3 is 0 Å². The maximum absolute atomic E-state index is 12.8. The van der Waals surface area contributed by atoms with Crippen LogP contribution in [-0.4, -0.2) is 38.7 Å². The molecule has 1 atom stereocenters. The fraction of sp³-hybridized carbons (Fsp3) is 0.526. The van der Waals surface area contributed by atoms with Gasteiger partial charge in [-0.1, -0.05) is 28.4 Å². The van der Waals surface area contributed by atoms with E-state index in [4.69, 9.17) is 4.74 Å². The third kappa shape index (κ3) is 3.63. The van der Waals surface area contributed by atoms with Crippen molar-refractivity contribution in [2.45, 2.75) is 51.1 Å². The first-order valence-electron chi connectivity index (χ1n) is 9.32. The maximum Gasteiger partial charge on any atom is 0.261 e. The van der Waals surface area contributed by atoms with Gasteiger partial charge in [0.2, 0.25) is 0 Å². The summed E-state index contributed by atoms with van der Waals surface area (Å²) < 4.78 is 8.88. The number of hydrogen-bond donors (Lipinski definition) is 0. The number of carbonyl (C=O) groups is 1. The molecule has 4 rings (SSSR count). The Morgan fingerprint density at radius 1 is 1.19 bits per heavy atom. The van der Waals surface area contributed by atoms with E-state index >= 15 is 0 Å². The topological polar surface area (TPSA) is 60.2 Å². The minimum atomic E-state index is 0.0125. The number of likely N-dealkylation sites (tertiary alicyclic amines) is 1. The van der Waals surface area contributed by atoms with Crippen molar-refractivity contribution >= 4 is 21.8 Å². The molecule has 0 radical (unpaired) electrons. The van der Waals surface area contributed by atoms with E-state index in [0.717, 1.165) is 54.9 Å². The van der Waals surface area contributed by atoms with E-state index < -0.39 is 0 Å². The molecule has 2 aromatic rings. The Morgan fingerprint density at radius 3 is 3.00 bits per heavy atom. The molecule has 1 saturated heterocycles. The Balaban J connectivity index is 1.46. The van der Waals surface area contributed by atoms with Gasteiger partial charge in [0.15, 0.2) is 12.4 Å². The van der Waals surface area contributed by atoms with Gasteiger partial charge in [-0.25, -0.2) is 0 Å². The van der Waals surface area contributed by atoms with Crippen molar-refractivity contribution < 1.29 is 9.53 Å². The highest BCUT2D eigenvalue weighted by Gasteiger charge is 2.34. The monoisotopic (exact) mass is 418 g/mol. The summed E-state index contributed by atoms with van der Waals surface area (Å²) in [7, 11) is 0. The van der Waals surface area contributed by atoms with E-state index in [9.17, 15) is 4.79 Å². The predicted molar refractivity (Wildman–Crippen MR) is 101 cm³/mol. The van der Waals surface area contributed by atoms with Crippen LogP contribution in [0.1, 0.15) is 49.8 Å². The molecule has 1 aromatic heterocycles. The van der Waals surface area contributed by atoms with Gasteiger partial charge in [-0.2, -0.15) is 0 Å². The summed E-state index contributed by atoms with van der Waals surface area (Å²) in [5, 5.41) is 8.85. The van der Waals surface area contributed by atoms with Crippen molar-refractivity contribution in [1.82, 2.24) is 19.7 Å². The van der Waals surface area contributed by atoms with Crippen LogP contribution in [0.4, 0.5) is 0 Å².